The molecule has 0 spiro atoms. The minimum Gasteiger partial charge on any atom is -0.393 e. The summed E-state index contributed by atoms with van der Waals surface area (Å²) in [4.78, 5) is 0. The molecule has 0 aliphatic heterocycles. The highest BCUT2D eigenvalue weighted by atomic mass is 19.3. The van der Waals surface area contributed by atoms with Crippen molar-refractivity contribution in [3.05, 3.63) is 35.4 Å². The lowest BCUT2D eigenvalue weighted by molar-refractivity contribution is 0.151. The molecular weight excluding hydrogens is 224 g/mol. The van der Waals surface area contributed by atoms with Crippen molar-refractivity contribution in [2.75, 3.05) is 0 Å². The number of alkyl halides is 2. The summed E-state index contributed by atoms with van der Waals surface area (Å²) < 4.78 is 24.6. The summed E-state index contributed by atoms with van der Waals surface area (Å²) in [6, 6.07) is 6.49. The van der Waals surface area contributed by atoms with Crippen LogP contribution in [-0.2, 0) is 6.54 Å². The number of aliphatic hydroxyl groups is 1. The number of nitrogens with one attached hydrogen (secondary N) is 1. The van der Waals surface area contributed by atoms with Gasteiger partial charge in [-0.3, -0.25) is 0 Å². The SMILES string of the molecule is CC(O)CC(C)NCc1ccc(C(F)F)cc1. The van der Waals surface area contributed by atoms with Crippen molar-refractivity contribution in [3.63, 3.8) is 0 Å². The van der Waals surface area contributed by atoms with E-state index in [1.807, 2.05) is 6.92 Å². The predicted molar refractivity (Wildman–Crippen MR) is 64.0 cm³/mol. The van der Waals surface area contributed by atoms with Crippen LogP contribution in [0.25, 0.3) is 0 Å². The van der Waals surface area contributed by atoms with E-state index in [0.717, 1.165) is 5.56 Å². The van der Waals surface area contributed by atoms with Gasteiger partial charge in [0.2, 0.25) is 0 Å². The first-order chi connectivity index (χ1) is 7.99. The maximum Gasteiger partial charge on any atom is 0.263 e. The Balaban J connectivity index is 2.42. The van der Waals surface area contributed by atoms with Crippen molar-refractivity contribution in [3.8, 4) is 0 Å². The van der Waals surface area contributed by atoms with E-state index in [-0.39, 0.29) is 17.7 Å². The molecule has 1 aromatic carbocycles. The van der Waals surface area contributed by atoms with Gasteiger partial charge in [-0.1, -0.05) is 24.3 Å². The van der Waals surface area contributed by atoms with Crippen LogP contribution >= 0.6 is 0 Å². The topological polar surface area (TPSA) is 32.3 Å². The van der Waals surface area contributed by atoms with E-state index < -0.39 is 6.43 Å². The number of hydrogen-bond donors (Lipinski definition) is 2. The summed E-state index contributed by atoms with van der Waals surface area (Å²) >= 11 is 0. The van der Waals surface area contributed by atoms with Crippen LogP contribution in [0.15, 0.2) is 24.3 Å². The molecule has 17 heavy (non-hydrogen) atoms. The average Bonchev–Trinajstić information content (AvgIpc) is 2.26. The molecule has 96 valence electrons. The van der Waals surface area contributed by atoms with Gasteiger partial charge in [0.05, 0.1) is 6.10 Å². The summed E-state index contributed by atoms with van der Waals surface area (Å²) in [5, 5.41) is 12.4. The Morgan fingerprint density at radius 2 is 1.76 bits per heavy atom. The minimum absolute atomic E-state index is 0.0470. The van der Waals surface area contributed by atoms with Gasteiger partial charge in [-0.05, 0) is 25.8 Å². The van der Waals surface area contributed by atoms with Crippen molar-refractivity contribution < 1.29 is 13.9 Å². The maximum atomic E-state index is 12.3. The molecule has 4 heteroatoms. The third-order valence-corrected chi connectivity index (χ3v) is 2.58. The average molecular weight is 243 g/mol. The Bertz CT molecular complexity index is 325. The fourth-order valence-electron chi connectivity index (χ4n) is 1.67. The molecule has 0 bridgehead atoms. The quantitative estimate of drug-likeness (QED) is 0.805. The van der Waals surface area contributed by atoms with Gasteiger partial charge in [0.25, 0.3) is 6.43 Å². The molecule has 0 saturated carbocycles. The Hall–Kier alpha value is -1.00. The second-order valence-electron chi connectivity index (χ2n) is 4.41. The van der Waals surface area contributed by atoms with Crippen molar-refractivity contribution in [1.82, 2.24) is 5.32 Å². The third kappa shape index (κ3) is 5.24. The molecule has 2 unspecified atom stereocenters. The molecule has 0 amide bonds. The van der Waals surface area contributed by atoms with E-state index >= 15 is 0 Å². The largest absolute Gasteiger partial charge is 0.393 e. The van der Waals surface area contributed by atoms with Gasteiger partial charge in [0, 0.05) is 18.2 Å². The summed E-state index contributed by atoms with van der Waals surface area (Å²) in [5.41, 5.74) is 1.01. The molecule has 0 saturated heterocycles. The minimum atomic E-state index is -2.41. The van der Waals surface area contributed by atoms with E-state index in [0.29, 0.717) is 13.0 Å². The van der Waals surface area contributed by atoms with Gasteiger partial charge >= 0.3 is 0 Å². The van der Waals surface area contributed by atoms with E-state index in [9.17, 15) is 13.9 Å². The van der Waals surface area contributed by atoms with Crippen LogP contribution < -0.4 is 5.32 Å². The molecule has 0 aromatic heterocycles. The van der Waals surface area contributed by atoms with E-state index in [1.165, 1.54) is 12.1 Å². The molecule has 0 heterocycles. The normalized spacial score (nSPS) is 14.9. The fraction of sp³-hybridized carbons (Fsp3) is 0.538. The summed E-state index contributed by atoms with van der Waals surface area (Å²) in [7, 11) is 0. The van der Waals surface area contributed by atoms with E-state index in [4.69, 9.17) is 0 Å². The number of halogens is 2. The van der Waals surface area contributed by atoms with Crippen molar-refractivity contribution in [1.29, 1.82) is 0 Å². The maximum absolute atomic E-state index is 12.3. The Morgan fingerprint density at radius 3 is 2.24 bits per heavy atom. The molecule has 1 aromatic rings. The highest BCUT2D eigenvalue weighted by molar-refractivity contribution is 5.23. The second kappa shape index (κ2) is 6.67. The lowest BCUT2D eigenvalue weighted by Gasteiger charge is -2.15. The van der Waals surface area contributed by atoms with Crippen LogP contribution in [-0.4, -0.2) is 17.3 Å². The van der Waals surface area contributed by atoms with Crippen molar-refractivity contribution in [2.24, 2.45) is 0 Å². The van der Waals surface area contributed by atoms with Crippen molar-refractivity contribution >= 4 is 0 Å². The van der Waals surface area contributed by atoms with Gasteiger partial charge < -0.3 is 10.4 Å². The fourth-order valence-corrected chi connectivity index (χ4v) is 1.67. The Labute approximate surface area is 101 Å². The van der Waals surface area contributed by atoms with Crippen LogP contribution in [0.2, 0.25) is 0 Å². The molecular formula is C13H19F2NO. The molecule has 0 fully saturated rings. The third-order valence-electron chi connectivity index (χ3n) is 2.58. The lowest BCUT2D eigenvalue weighted by atomic mass is 10.1. The first-order valence-electron chi connectivity index (χ1n) is 5.77. The van der Waals surface area contributed by atoms with Crippen LogP contribution in [0.5, 0.6) is 0 Å². The van der Waals surface area contributed by atoms with Gasteiger partial charge in [0.1, 0.15) is 0 Å². The molecule has 0 aliphatic carbocycles. The van der Waals surface area contributed by atoms with Gasteiger partial charge in [-0.15, -0.1) is 0 Å². The molecule has 1 rings (SSSR count). The number of rotatable bonds is 6. The molecule has 0 aliphatic rings. The summed E-state index contributed by atoms with van der Waals surface area (Å²) in [5.74, 6) is 0. The zero-order valence-corrected chi connectivity index (χ0v) is 10.2. The van der Waals surface area contributed by atoms with E-state index in [2.05, 4.69) is 5.32 Å². The van der Waals surface area contributed by atoms with Gasteiger partial charge in [0.15, 0.2) is 0 Å². The molecule has 0 radical (unpaired) electrons. The van der Waals surface area contributed by atoms with Crippen LogP contribution in [0.1, 0.15) is 37.8 Å². The molecule has 2 N–H and O–H groups in total. The number of aliphatic hydroxyl groups excluding tert-OH is 1. The zero-order chi connectivity index (χ0) is 12.8. The first kappa shape index (κ1) is 14.1. The molecule has 2 atom stereocenters. The highest BCUT2D eigenvalue weighted by Crippen LogP contribution is 2.18. The van der Waals surface area contributed by atoms with Crippen LogP contribution in [0.4, 0.5) is 8.78 Å². The Kier molecular flexibility index (Phi) is 5.51. The standard InChI is InChI=1S/C13H19F2NO/c1-9(7-10(2)17)16-8-11-3-5-12(6-4-11)13(14)15/h3-6,9-10,13,16-17H,7-8H2,1-2H3. The summed E-state index contributed by atoms with van der Waals surface area (Å²) in [6.07, 6.45) is -2.07. The van der Waals surface area contributed by atoms with Gasteiger partial charge in [-0.25, -0.2) is 8.78 Å². The monoisotopic (exact) mass is 243 g/mol. The van der Waals surface area contributed by atoms with E-state index in [1.54, 1.807) is 19.1 Å². The molecule has 2 nitrogen and oxygen atoms in total. The van der Waals surface area contributed by atoms with Gasteiger partial charge in [-0.2, -0.15) is 0 Å². The second-order valence-corrected chi connectivity index (χ2v) is 4.41. The smallest absolute Gasteiger partial charge is 0.263 e. The zero-order valence-electron chi connectivity index (χ0n) is 10.2. The lowest BCUT2D eigenvalue weighted by Crippen LogP contribution is -2.28. The predicted octanol–water partition coefficient (Wildman–Crippen LogP) is 2.87. The van der Waals surface area contributed by atoms with Crippen LogP contribution in [0, 0.1) is 0 Å². The number of benzene rings is 1. The van der Waals surface area contributed by atoms with Crippen molar-refractivity contribution in [2.45, 2.75) is 45.4 Å². The number of hydrogen-bond acceptors (Lipinski definition) is 2. The van der Waals surface area contributed by atoms with Crippen LogP contribution in [0.3, 0.4) is 0 Å². The highest BCUT2D eigenvalue weighted by Gasteiger charge is 2.07. The first-order valence-corrected chi connectivity index (χ1v) is 5.77. The summed E-state index contributed by atoms with van der Waals surface area (Å²) in [6.45, 7) is 4.35. The Morgan fingerprint density at radius 1 is 1.18 bits per heavy atom.